The molecule has 1 N–H and O–H groups in total. The minimum atomic E-state index is 0.0672. The van der Waals surface area contributed by atoms with Crippen molar-refractivity contribution in [1.29, 1.82) is 5.26 Å². The van der Waals surface area contributed by atoms with Crippen LogP contribution in [-0.2, 0) is 10.2 Å². The van der Waals surface area contributed by atoms with Gasteiger partial charge in [0.25, 0.3) is 0 Å². The van der Waals surface area contributed by atoms with Gasteiger partial charge in [-0.2, -0.15) is 5.26 Å². The molecule has 4 nitrogen and oxygen atoms in total. The monoisotopic (exact) mass is 429 g/mol. The van der Waals surface area contributed by atoms with Crippen molar-refractivity contribution < 1.29 is 4.74 Å². The van der Waals surface area contributed by atoms with Crippen LogP contribution in [-0.4, -0.2) is 23.7 Å². The molecule has 3 atom stereocenters. The number of nitrogens with zero attached hydrogens (tertiary/aromatic N) is 2. The fourth-order valence-electron chi connectivity index (χ4n) is 6.69. The van der Waals surface area contributed by atoms with Crippen molar-refractivity contribution in [2.75, 3.05) is 13.2 Å². The first-order chi connectivity index (χ1) is 15.7. The van der Waals surface area contributed by atoms with Gasteiger partial charge in [-0.3, -0.25) is 4.98 Å². The normalized spacial score (nSPS) is 28.8. The second-order valence-corrected chi connectivity index (χ2v) is 10.2. The molecule has 1 saturated heterocycles. The Hall–Kier alpha value is -2.22. The highest BCUT2D eigenvalue weighted by molar-refractivity contribution is 5.36. The summed E-state index contributed by atoms with van der Waals surface area (Å²) in [6.07, 6.45) is 13.0. The summed E-state index contributed by atoms with van der Waals surface area (Å²) in [6.45, 7) is 1.83. The van der Waals surface area contributed by atoms with E-state index in [4.69, 9.17) is 9.72 Å². The fourth-order valence-corrected chi connectivity index (χ4v) is 6.69. The van der Waals surface area contributed by atoms with Crippen molar-refractivity contribution >= 4 is 0 Å². The predicted molar refractivity (Wildman–Crippen MR) is 126 cm³/mol. The van der Waals surface area contributed by atoms with Crippen molar-refractivity contribution in [2.24, 2.45) is 0 Å². The number of hydrogen-bond acceptors (Lipinski definition) is 4. The third-order valence-corrected chi connectivity index (χ3v) is 8.32. The van der Waals surface area contributed by atoms with Gasteiger partial charge in [0.2, 0.25) is 0 Å². The number of pyridine rings is 1. The zero-order valence-electron chi connectivity index (χ0n) is 19.1. The topological polar surface area (TPSA) is 57.9 Å². The van der Waals surface area contributed by atoms with E-state index in [1.54, 1.807) is 0 Å². The number of nitrogens with one attached hydrogen (secondary N) is 1. The minimum absolute atomic E-state index is 0.0672. The average molecular weight is 430 g/mol. The van der Waals surface area contributed by atoms with Gasteiger partial charge >= 0.3 is 0 Å². The van der Waals surface area contributed by atoms with Crippen LogP contribution in [0, 0.1) is 11.3 Å². The summed E-state index contributed by atoms with van der Waals surface area (Å²) in [7, 11) is 0. The van der Waals surface area contributed by atoms with Gasteiger partial charge in [-0.1, -0.05) is 43.2 Å². The molecule has 32 heavy (non-hydrogen) atoms. The number of aromatic nitrogens is 1. The van der Waals surface area contributed by atoms with Crippen LogP contribution in [0.3, 0.4) is 0 Å². The molecule has 2 unspecified atom stereocenters. The highest BCUT2D eigenvalue weighted by atomic mass is 16.5. The van der Waals surface area contributed by atoms with Crippen molar-refractivity contribution in [3.8, 4) is 6.07 Å². The van der Waals surface area contributed by atoms with Crippen LogP contribution in [0.15, 0.2) is 48.7 Å². The van der Waals surface area contributed by atoms with Gasteiger partial charge in [-0.15, -0.1) is 0 Å². The Morgan fingerprint density at radius 3 is 2.62 bits per heavy atom. The van der Waals surface area contributed by atoms with Gasteiger partial charge < -0.3 is 10.1 Å². The van der Waals surface area contributed by atoms with Crippen LogP contribution < -0.4 is 5.32 Å². The van der Waals surface area contributed by atoms with Crippen LogP contribution in [0.1, 0.15) is 93.0 Å². The van der Waals surface area contributed by atoms with E-state index in [0.717, 1.165) is 45.3 Å². The molecule has 0 radical (unpaired) electrons. The lowest BCUT2D eigenvalue weighted by Gasteiger charge is -2.46. The maximum absolute atomic E-state index is 9.24. The van der Waals surface area contributed by atoms with E-state index in [2.05, 4.69) is 47.8 Å². The Morgan fingerprint density at radius 1 is 1.03 bits per heavy atom. The zero-order chi connectivity index (χ0) is 21.9. The Kier molecular flexibility index (Phi) is 6.31. The van der Waals surface area contributed by atoms with Gasteiger partial charge in [0.15, 0.2) is 0 Å². The second-order valence-electron chi connectivity index (χ2n) is 10.2. The fraction of sp³-hybridized carbons (Fsp3) is 0.571. The summed E-state index contributed by atoms with van der Waals surface area (Å²) in [6, 6.07) is 17.9. The first-order valence-corrected chi connectivity index (χ1v) is 12.5. The molecule has 2 aliphatic carbocycles. The molecule has 1 spiro atoms. The summed E-state index contributed by atoms with van der Waals surface area (Å²) in [5, 5.41) is 13.1. The molecular formula is C28H35N3O. The molecule has 4 heteroatoms. The van der Waals surface area contributed by atoms with Gasteiger partial charge in [-0.25, -0.2) is 0 Å². The Labute approximate surface area is 192 Å². The predicted octanol–water partition coefficient (Wildman–Crippen LogP) is 5.95. The average Bonchev–Trinajstić information content (AvgIpc) is 3.28. The molecule has 1 aromatic heterocycles. The number of ether oxygens (including phenoxy) is 1. The van der Waals surface area contributed by atoms with Crippen LogP contribution in [0.5, 0.6) is 0 Å². The lowest BCUT2D eigenvalue weighted by molar-refractivity contribution is -0.104. The van der Waals surface area contributed by atoms with Crippen LogP contribution in [0.2, 0.25) is 0 Å². The second kappa shape index (κ2) is 9.33. The number of hydrogen-bond donors (Lipinski definition) is 1. The lowest BCUT2D eigenvalue weighted by atomic mass is 9.68. The third kappa shape index (κ3) is 4.21. The van der Waals surface area contributed by atoms with E-state index in [1.807, 2.05) is 12.3 Å². The summed E-state index contributed by atoms with van der Waals surface area (Å²) >= 11 is 0. The van der Waals surface area contributed by atoms with E-state index in [-0.39, 0.29) is 11.0 Å². The van der Waals surface area contributed by atoms with Crippen molar-refractivity contribution in [2.45, 2.75) is 87.2 Å². The summed E-state index contributed by atoms with van der Waals surface area (Å²) < 4.78 is 6.41. The molecule has 0 bridgehead atoms. The van der Waals surface area contributed by atoms with E-state index in [1.165, 1.54) is 42.5 Å². The van der Waals surface area contributed by atoms with Gasteiger partial charge in [-0.05, 0) is 80.7 Å². The maximum Gasteiger partial charge on any atom is 0.0691 e. The Bertz CT molecular complexity index is 947. The molecular weight excluding hydrogens is 394 g/mol. The standard InChI is InChI=1S/C28H35N3O/c29-17-12-22-10-11-25(24-8-2-1-7-23(22)24)30-19-15-27(26-9-3-6-18-31-26)16-20-32-28(21-27)13-4-5-14-28/h1-3,6-9,18,22,25,30H,4-5,10-16,19-21H2/t22?,25-,27?/m0/s1. The van der Waals surface area contributed by atoms with E-state index in [9.17, 15) is 5.26 Å². The summed E-state index contributed by atoms with van der Waals surface area (Å²) in [4.78, 5) is 4.85. The van der Waals surface area contributed by atoms with Crippen LogP contribution >= 0.6 is 0 Å². The molecule has 3 aliphatic rings. The first kappa shape index (κ1) is 21.6. The van der Waals surface area contributed by atoms with E-state index >= 15 is 0 Å². The first-order valence-electron chi connectivity index (χ1n) is 12.5. The number of fused-ring (bicyclic) bond motifs is 1. The van der Waals surface area contributed by atoms with E-state index < -0.39 is 0 Å². The number of rotatable bonds is 6. The third-order valence-electron chi connectivity index (χ3n) is 8.32. The number of nitriles is 1. The molecule has 2 aromatic rings. The highest BCUT2D eigenvalue weighted by Crippen LogP contribution is 2.49. The van der Waals surface area contributed by atoms with Crippen molar-refractivity contribution in [3.05, 3.63) is 65.5 Å². The molecule has 0 amide bonds. The SMILES string of the molecule is N#CCC1CC[C@H](NCCC2(c3ccccn3)CCOC3(CCCC3)C2)c2ccccc21. The number of benzene rings is 1. The lowest BCUT2D eigenvalue weighted by Crippen LogP contribution is -2.47. The molecule has 1 saturated carbocycles. The van der Waals surface area contributed by atoms with Crippen molar-refractivity contribution in [1.82, 2.24) is 10.3 Å². The van der Waals surface area contributed by atoms with Crippen LogP contribution in [0.25, 0.3) is 0 Å². The molecule has 1 aliphatic heterocycles. The molecule has 2 heterocycles. The van der Waals surface area contributed by atoms with Gasteiger partial charge in [0.05, 0.1) is 11.7 Å². The quantitative estimate of drug-likeness (QED) is 0.616. The maximum atomic E-state index is 9.24. The molecule has 2 fully saturated rings. The largest absolute Gasteiger partial charge is 0.375 e. The zero-order valence-corrected chi connectivity index (χ0v) is 19.1. The molecule has 5 rings (SSSR count). The Balaban J connectivity index is 1.33. The van der Waals surface area contributed by atoms with E-state index in [0.29, 0.717) is 18.4 Å². The summed E-state index contributed by atoms with van der Waals surface area (Å²) in [5.74, 6) is 0.381. The van der Waals surface area contributed by atoms with Crippen molar-refractivity contribution in [3.63, 3.8) is 0 Å². The summed E-state index contributed by atoms with van der Waals surface area (Å²) in [5.41, 5.74) is 4.17. The molecule has 168 valence electrons. The van der Waals surface area contributed by atoms with Gasteiger partial charge in [0, 0.05) is 36.4 Å². The van der Waals surface area contributed by atoms with Gasteiger partial charge in [0.1, 0.15) is 0 Å². The smallest absolute Gasteiger partial charge is 0.0691 e. The molecule has 1 aromatic carbocycles. The minimum Gasteiger partial charge on any atom is -0.375 e. The van der Waals surface area contributed by atoms with Crippen LogP contribution in [0.4, 0.5) is 0 Å². The highest BCUT2D eigenvalue weighted by Gasteiger charge is 2.48. The Morgan fingerprint density at radius 2 is 1.84 bits per heavy atom.